The Kier molecular flexibility index (Phi) is 6.86. The molecule has 0 radical (unpaired) electrons. The van der Waals surface area contributed by atoms with Gasteiger partial charge in [0.25, 0.3) is 0 Å². The van der Waals surface area contributed by atoms with Crippen LogP contribution in [0.4, 0.5) is 0 Å². The summed E-state index contributed by atoms with van der Waals surface area (Å²) in [5.74, 6) is 3.27. The van der Waals surface area contributed by atoms with Gasteiger partial charge in [-0.15, -0.1) is 0 Å². The Morgan fingerprint density at radius 1 is 1.23 bits per heavy atom. The molecule has 9 heteroatoms. The molecule has 0 saturated heterocycles. The number of fused-ring (bicyclic) bond motifs is 1. The lowest BCUT2D eigenvalue weighted by Gasteiger charge is -2.22. The van der Waals surface area contributed by atoms with Crippen molar-refractivity contribution in [1.29, 1.82) is 0 Å². The highest BCUT2D eigenvalue weighted by Gasteiger charge is 2.26. The van der Waals surface area contributed by atoms with Crippen LogP contribution in [0.5, 0.6) is 11.5 Å². The number of ether oxygens (including phenoxy) is 3. The number of rotatable bonds is 11. The molecule has 0 saturated carbocycles. The van der Waals surface area contributed by atoms with Gasteiger partial charge >= 0.3 is 0 Å². The predicted molar refractivity (Wildman–Crippen MR) is 110 cm³/mol. The average molecular weight is 429 g/mol. The maximum atomic E-state index is 10.3. The van der Waals surface area contributed by atoms with E-state index in [1.165, 1.54) is 0 Å². The third-order valence-electron chi connectivity index (χ3n) is 5.26. The third kappa shape index (κ3) is 5.25. The fourth-order valence-electron chi connectivity index (χ4n) is 3.29. The molecular weight excluding hydrogens is 402 g/mol. The Balaban J connectivity index is 1.36. The van der Waals surface area contributed by atoms with Gasteiger partial charge in [0.2, 0.25) is 18.5 Å². The minimum Gasteiger partial charge on any atom is -0.467 e. The van der Waals surface area contributed by atoms with Crippen LogP contribution in [0.2, 0.25) is 0 Å². The fourth-order valence-corrected chi connectivity index (χ4v) is 3.29. The maximum Gasteiger partial charge on any atom is 0.244 e. The van der Waals surface area contributed by atoms with E-state index in [0.717, 1.165) is 17.7 Å². The highest BCUT2D eigenvalue weighted by atomic mass is 16.7. The molecule has 0 bridgehead atoms. The second kappa shape index (κ2) is 9.95. The minimum atomic E-state index is -0.683. The molecule has 0 amide bonds. The van der Waals surface area contributed by atoms with Crippen molar-refractivity contribution in [3.05, 3.63) is 48.2 Å². The van der Waals surface area contributed by atoms with Crippen molar-refractivity contribution in [3.63, 3.8) is 0 Å². The van der Waals surface area contributed by atoms with Crippen molar-refractivity contribution in [3.8, 4) is 22.9 Å². The van der Waals surface area contributed by atoms with E-state index in [1.54, 1.807) is 12.3 Å². The van der Waals surface area contributed by atoms with Gasteiger partial charge in [-0.2, -0.15) is 4.98 Å². The van der Waals surface area contributed by atoms with Gasteiger partial charge in [-0.25, -0.2) is 0 Å². The average Bonchev–Trinajstić information content (AvgIpc) is 3.54. The van der Waals surface area contributed by atoms with Crippen molar-refractivity contribution < 1.29 is 28.3 Å². The molecule has 9 nitrogen and oxygen atoms in total. The Morgan fingerprint density at radius 3 is 2.90 bits per heavy atom. The predicted octanol–water partition coefficient (Wildman–Crippen LogP) is 3.31. The van der Waals surface area contributed by atoms with E-state index in [0.29, 0.717) is 36.4 Å². The lowest BCUT2D eigenvalue weighted by molar-refractivity contribution is 0.0200. The molecule has 2 N–H and O–H groups in total. The molecule has 3 heterocycles. The summed E-state index contributed by atoms with van der Waals surface area (Å²) in [5.41, 5.74) is 0.786. The normalized spacial score (nSPS) is 15.7. The van der Waals surface area contributed by atoms with Gasteiger partial charge in [0, 0.05) is 12.1 Å². The third-order valence-corrected chi connectivity index (χ3v) is 5.26. The zero-order chi connectivity index (χ0) is 21.6. The maximum absolute atomic E-state index is 10.3. The molecule has 3 aromatic rings. The van der Waals surface area contributed by atoms with E-state index in [2.05, 4.69) is 29.3 Å². The molecule has 3 atom stereocenters. The first kappa shape index (κ1) is 21.4. The molecule has 0 spiro atoms. The van der Waals surface area contributed by atoms with E-state index >= 15 is 0 Å². The molecule has 0 fully saturated rings. The Morgan fingerprint density at radius 2 is 2.10 bits per heavy atom. The summed E-state index contributed by atoms with van der Waals surface area (Å²) in [6, 6.07) is 8.97. The number of aromatic nitrogens is 2. The van der Waals surface area contributed by atoms with Crippen LogP contribution in [-0.4, -0.2) is 41.3 Å². The Hall–Kier alpha value is -2.88. The van der Waals surface area contributed by atoms with E-state index < -0.39 is 6.10 Å². The van der Waals surface area contributed by atoms with E-state index in [4.69, 9.17) is 23.2 Å². The van der Waals surface area contributed by atoms with Crippen LogP contribution < -0.4 is 14.8 Å². The van der Waals surface area contributed by atoms with E-state index in [1.807, 2.05) is 24.3 Å². The number of furan rings is 1. The van der Waals surface area contributed by atoms with Crippen molar-refractivity contribution >= 4 is 0 Å². The first-order valence-electron chi connectivity index (χ1n) is 10.4. The number of aliphatic hydroxyl groups excluding tert-OH is 1. The zero-order valence-electron chi connectivity index (χ0n) is 17.6. The standard InChI is InChI=1S/C22H27N3O6/c1-3-14(2)20(23-10-16(26)11-27-12-17-5-4-8-28-17)22-24-21(25-31-22)15-6-7-18-19(9-15)30-13-29-18/h4-9,14,16,20,23,26H,3,10-13H2,1-2H3. The van der Waals surface area contributed by atoms with Crippen LogP contribution in [0.1, 0.15) is 38.0 Å². The van der Waals surface area contributed by atoms with Gasteiger partial charge in [0.15, 0.2) is 11.5 Å². The summed E-state index contributed by atoms with van der Waals surface area (Å²) >= 11 is 0. The van der Waals surface area contributed by atoms with Gasteiger partial charge in [-0.3, -0.25) is 0 Å². The molecule has 1 aromatic carbocycles. The molecule has 0 aliphatic carbocycles. The lowest BCUT2D eigenvalue weighted by atomic mass is 9.99. The first-order chi connectivity index (χ1) is 15.1. The topological polar surface area (TPSA) is 112 Å². The Labute approximate surface area is 180 Å². The number of benzene rings is 1. The van der Waals surface area contributed by atoms with Crippen LogP contribution in [-0.2, 0) is 11.3 Å². The van der Waals surface area contributed by atoms with Crippen LogP contribution in [0.15, 0.2) is 45.5 Å². The summed E-state index contributed by atoms with van der Waals surface area (Å²) in [7, 11) is 0. The van der Waals surface area contributed by atoms with Crippen LogP contribution in [0.25, 0.3) is 11.4 Å². The van der Waals surface area contributed by atoms with E-state index in [-0.39, 0.29) is 25.4 Å². The molecule has 1 aliphatic rings. The molecular formula is C22H27N3O6. The quantitative estimate of drug-likeness (QED) is 0.474. The summed E-state index contributed by atoms with van der Waals surface area (Å²) in [6.07, 6.45) is 1.82. The monoisotopic (exact) mass is 429 g/mol. The molecule has 1 aliphatic heterocycles. The van der Waals surface area contributed by atoms with Gasteiger partial charge in [-0.1, -0.05) is 25.4 Å². The lowest BCUT2D eigenvalue weighted by Crippen LogP contribution is -2.35. The second-order valence-electron chi connectivity index (χ2n) is 7.54. The first-order valence-corrected chi connectivity index (χ1v) is 10.4. The number of nitrogens with zero attached hydrogens (tertiary/aromatic N) is 2. The number of nitrogens with one attached hydrogen (secondary N) is 1. The van der Waals surface area contributed by atoms with Gasteiger partial charge in [0.1, 0.15) is 12.4 Å². The summed E-state index contributed by atoms with van der Waals surface area (Å²) in [5, 5.41) is 17.8. The zero-order valence-corrected chi connectivity index (χ0v) is 17.6. The molecule has 166 valence electrons. The molecule has 2 aromatic heterocycles. The van der Waals surface area contributed by atoms with E-state index in [9.17, 15) is 5.11 Å². The van der Waals surface area contributed by atoms with Crippen molar-refractivity contribution in [2.24, 2.45) is 5.92 Å². The number of hydrogen-bond donors (Lipinski definition) is 2. The van der Waals surface area contributed by atoms with Crippen molar-refractivity contribution in [2.75, 3.05) is 19.9 Å². The minimum absolute atomic E-state index is 0.188. The number of hydrogen-bond acceptors (Lipinski definition) is 9. The van der Waals surface area contributed by atoms with Gasteiger partial charge in [-0.05, 0) is 36.2 Å². The summed E-state index contributed by atoms with van der Waals surface area (Å²) in [6.45, 7) is 5.24. The number of aliphatic hydroxyl groups is 1. The molecule has 3 unspecified atom stereocenters. The summed E-state index contributed by atoms with van der Waals surface area (Å²) < 4.78 is 27.1. The van der Waals surface area contributed by atoms with Gasteiger partial charge in [0.05, 0.1) is 25.0 Å². The fraction of sp³-hybridized carbons (Fsp3) is 0.455. The Bertz CT molecular complexity index is 958. The SMILES string of the molecule is CCC(C)C(NCC(O)COCc1ccco1)c1nc(-c2ccc3c(c2)OCO3)no1. The van der Waals surface area contributed by atoms with Gasteiger partial charge < -0.3 is 33.6 Å². The largest absolute Gasteiger partial charge is 0.467 e. The van der Waals surface area contributed by atoms with Crippen molar-refractivity contribution in [1.82, 2.24) is 15.5 Å². The van der Waals surface area contributed by atoms with Crippen LogP contribution >= 0.6 is 0 Å². The smallest absolute Gasteiger partial charge is 0.244 e. The van der Waals surface area contributed by atoms with Crippen LogP contribution in [0, 0.1) is 5.92 Å². The van der Waals surface area contributed by atoms with Crippen LogP contribution in [0.3, 0.4) is 0 Å². The van der Waals surface area contributed by atoms with Crippen molar-refractivity contribution in [2.45, 2.75) is 39.0 Å². The second-order valence-corrected chi connectivity index (χ2v) is 7.54. The molecule has 4 rings (SSSR count). The molecule has 31 heavy (non-hydrogen) atoms. The highest BCUT2D eigenvalue weighted by molar-refractivity contribution is 5.61. The highest BCUT2D eigenvalue weighted by Crippen LogP contribution is 2.35. The summed E-state index contributed by atoms with van der Waals surface area (Å²) in [4.78, 5) is 4.59.